The number of furan rings is 1. The van der Waals surface area contributed by atoms with Gasteiger partial charge in [-0.05, 0) is 62.2 Å². The average molecular weight is 430 g/mol. The number of pyridine rings is 1. The molecule has 0 fully saturated rings. The number of carbonyl (C=O) groups excluding carboxylic acids is 1. The molecule has 0 aliphatic carbocycles. The standard InChI is InChI=1S/C26H23FN2O3/c1-4-31-25-17(3)26-21(22(15-32-26)18-8-10-19(27)11-9-18)14-20(25)16(2)13-24(30)29-23-7-5-6-12-28-23/h5-15H,4H2,1-3H3,(H,28,29,30)/b16-13+. The number of rotatable bonds is 6. The van der Waals surface area contributed by atoms with Gasteiger partial charge in [0.05, 0.1) is 12.9 Å². The lowest BCUT2D eigenvalue weighted by molar-refractivity contribution is -0.111. The van der Waals surface area contributed by atoms with Gasteiger partial charge in [-0.2, -0.15) is 0 Å². The number of ether oxygens (including phenoxy) is 1. The minimum Gasteiger partial charge on any atom is -0.493 e. The van der Waals surface area contributed by atoms with Gasteiger partial charge in [0.1, 0.15) is 23.0 Å². The minimum atomic E-state index is -0.297. The van der Waals surface area contributed by atoms with Crippen LogP contribution in [-0.4, -0.2) is 17.5 Å². The van der Waals surface area contributed by atoms with E-state index < -0.39 is 0 Å². The summed E-state index contributed by atoms with van der Waals surface area (Å²) in [7, 11) is 0. The zero-order chi connectivity index (χ0) is 22.7. The van der Waals surface area contributed by atoms with Crippen molar-refractivity contribution in [3.05, 3.63) is 84.0 Å². The number of nitrogens with zero attached hydrogens (tertiary/aromatic N) is 1. The Hall–Kier alpha value is -3.93. The summed E-state index contributed by atoms with van der Waals surface area (Å²) in [5, 5.41) is 3.63. The molecule has 1 N–H and O–H groups in total. The molecular formula is C26H23FN2O3. The van der Waals surface area contributed by atoms with Gasteiger partial charge in [0.25, 0.3) is 0 Å². The number of carbonyl (C=O) groups is 1. The van der Waals surface area contributed by atoms with E-state index in [1.807, 2.05) is 26.8 Å². The molecule has 0 aliphatic rings. The molecule has 0 saturated heterocycles. The number of halogens is 1. The van der Waals surface area contributed by atoms with Crippen molar-refractivity contribution in [1.29, 1.82) is 0 Å². The number of anilines is 1. The summed E-state index contributed by atoms with van der Waals surface area (Å²) in [6, 6.07) is 13.5. The third kappa shape index (κ3) is 4.25. The number of fused-ring (bicyclic) bond motifs is 1. The first-order chi connectivity index (χ1) is 15.5. The van der Waals surface area contributed by atoms with Crippen molar-refractivity contribution in [2.75, 3.05) is 11.9 Å². The molecular weight excluding hydrogens is 407 g/mol. The third-order valence-corrected chi connectivity index (χ3v) is 5.18. The maximum Gasteiger partial charge on any atom is 0.249 e. The highest BCUT2D eigenvalue weighted by Crippen LogP contribution is 2.40. The van der Waals surface area contributed by atoms with Gasteiger partial charge < -0.3 is 14.5 Å². The zero-order valence-corrected chi connectivity index (χ0v) is 18.1. The predicted molar refractivity (Wildman–Crippen MR) is 124 cm³/mol. The van der Waals surface area contributed by atoms with Crippen LogP contribution in [0.25, 0.3) is 27.7 Å². The van der Waals surface area contributed by atoms with Gasteiger partial charge in [-0.1, -0.05) is 18.2 Å². The number of aryl methyl sites for hydroxylation is 1. The first-order valence-corrected chi connectivity index (χ1v) is 10.3. The summed E-state index contributed by atoms with van der Waals surface area (Å²) in [5.41, 5.74) is 4.75. The number of nitrogens with one attached hydrogen (secondary N) is 1. The zero-order valence-electron chi connectivity index (χ0n) is 18.1. The minimum absolute atomic E-state index is 0.285. The Kier molecular flexibility index (Phi) is 6.03. The Morgan fingerprint density at radius 3 is 2.69 bits per heavy atom. The molecule has 6 heteroatoms. The van der Waals surface area contributed by atoms with E-state index in [2.05, 4.69) is 10.3 Å². The van der Waals surface area contributed by atoms with Crippen LogP contribution < -0.4 is 10.1 Å². The second kappa shape index (κ2) is 9.06. The molecule has 4 aromatic rings. The molecule has 5 nitrogen and oxygen atoms in total. The maximum atomic E-state index is 13.4. The van der Waals surface area contributed by atoms with E-state index in [9.17, 15) is 9.18 Å². The molecule has 4 rings (SSSR count). The molecule has 0 radical (unpaired) electrons. The molecule has 2 aromatic carbocycles. The van der Waals surface area contributed by atoms with Crippen LogP contribution in [0.15, 0.2) is 71.5 Å². The number of aromatic nitrogens is 1. The summed E-state index contributed by atoms with van der Waals surface area (Å²) in [4.78, 5) is 16.7. The van der Waals surface area contributed by atoms with Crippen molar-refractivity contribution in [2.45, 2.75) is 20.8 Å². The second-order valence-corrected chi connectivity index (χ2v) is 7.38. The fourth-order valence-corrected chi connectivity index (χ4v) is 3.67. The highest BCUT2D eigenvalue weighted by molar-refractivity contribution is 6.05. The smallest absolute Gasteiger partial charge is 0.249 e. The third-order valence-electron chi connectivity index (χ3n) is 5.18. The Morgan fingerprint density at radius 1 is 1.22 bits per heavy atom. The molecule has 32 heavy (non-hydrogen) atoms. The second-order valence-electron chi connectivity index (χ2n) is 7.38. The fraction of sp³-hybridized carbons (Fsp3) is 0.154. The first kappa shape index (κ1) is 21.3. The van der Waals surface area contributed by atoms with Crippen LogP contribution in [0.5, 0.6) is 5.75 Å². The summed E-state index contributed by atoms with van der Waals surface area (Å²) >= 11 is 0. The highest BCUT2D eigenvalue weighted by atomic mass is 19.1. The molecule has 162 valence electrons. The summed E-state index contributed by atoms with van der Waals surface area (Å²) < 4.78 is 25.2. The van der Waals surface area contributed by atoms with Crippen molar-refractivity contribution < 1.29 is 18.3 Å². The van der Waals surface area contributed by atoms with Crippen LogP contribution in [0.1, 0.15) is 25.0 Å². The molecule has 0 spiro atoms. The van der Waals surface area contributed by atoms with Crippen LogP contribution in [-0.2, 0) is 4.79 Å². The first-order valence-electron chi connectivity index (χ1n) is 10.3. The lowest BCUT2D eigenvalue weighted by Crippen LogP contribution is -2.10. The Bertz CT molecular complexity index is 1290. The average Bonchev–Trinajstić information content (AvgIpc) is 3.21. The van der Waals surface area contributed by atoms with E-state index >= 15 is 0 Å². The SMILES string of the molecule is CCOc1c(/C(C)=C/C(=O)Nc2ccccn2)cc2c(-c3ccc(F)cc3)coc2c1C. The molecule has 1 amide bonds. The number of allylic oxidation sites excluding steroid dienone is 1. The molecule has 0 bridgehead atoms. The molecule has 2 heterocycles. The van der Waals surface area contributed by atoms with Crippen LogP contribution in [0.3, 0.4) is 0 Å². The molecule has 2 aromatic heterocycles. The van der Waals surface area contributed by atoms with Gasteiger partial charge in [-0.15, -0.1) is 0 Å². The topological polar surface area (TPSA) is 64.4 Å². The number of benzene rings is 2. The van der Waals surface area contributed by atoms with Crippen molar-refractivity contribution in [3.63, 3.8) is 0 Å². The maximum absolute atomic E-state index is 13.4. The summed E-state index contributed by atoms with van der Waals surface area (Å²) in [5.74, 6) is 0.563. The van der Waals surface area contributed by atoms with Gasteiger partial charge in [0, 0.05) is 34.3 Å². The van der Waals surface area contributed by atoms with Crippen LogP contribution in [0, 0.1) is 12.7 Å². The lowest BCUT2D eigenvalue weighted by atomic mass is 9.96. The Balaban J connectivity index is 1.79. The van der Waals surface area contributed by atoms with E-state index in [-0.39, 0.29) is 11.7 Å². The van der Waals surface area contributed by atoms with Gasteiger partial charge in [0.15, 0.2) is 0 Å². The lowest BCUT2D eigenvalue weighted by Gasteiger charge is -2.15. The highest BCUT2D eigenvalue weighted by Gasteiger charge is 2.19. The number of hydrogen-bond donors (Lipinski definition) is 1. The number of amides is 1. The molecule has 0 unspecified atom stereocenters. The Morgan fingerprint density at radius 2 is 2.00 bits per heavy atom. The van der Waals surface area contributed by atoms with Crippen molar-refractivity contribution >= 4 is 28.3 Å². The molecule has 0 aliphatic heterocycles. The van der Waals surface area contributed by atoms with Gasteiger partial charge in [-0.3, -0.25) is 4.79 Å². The fourth-order valence-electron chi connectivity index (χ4n) is 3.67. The van der Waals surface area contributed by atoms with Gasteiger partial charge >= 0.3 is 0 Å². The van der Waals surface area contributed by atoms with E-state index in [1.165, 1.54) is 18.2 Å². The summed E-state index contributed by atoms with van der Waals surface area (Å²) in [6.45, 7) is 6.17. The van der Waals surface area contributed by atoms with Crippen molar-refractivity contribution in [1.82, 2.24) is 4.98 Å². The van der Waals surface area contributed by atoms with E-state index in [0.29, 0.717) is 23.8 Å². The van der Waals surface area contributed by atoms with Crippen molar-refractivity contribution in [3.8, 4) is 16.9 Å². The van der Waals surface area contributed by atoms with Gasteiger partial charge in [0.2, 0.25) is 5.91 Å². The van der Waals surface area contributed by atoms with Crippen LogP contribution in [0.2, 0.25) is 0 Å². The Labute approximate surface area is 185 Å². The van der Waals surface area contributed by atoms with E-state index in [1.54, 1.807) is 42.8 Å². The van der Waals surface area contributed by atoms with Crippen LogP contribution >= 0.6 is 0 Å². The van der Waals surface area contributed by atoms with Crippen LogP contribution in [0.4, 0.5) is 10.2 Å². The van der Waals surface area contributed by atoms with Crippen molar-refractivity contribution in [2.24, 2.45) is 0 Å². The monoisotopic (exact) mass is 430 g/mol. The largest absolute Gasteiger partial charge is 0.493 e. The van der Waals surface area contributed by atoms with E-state index in [4.69, 9.17) is 9.15 Å². The molecule has 0 atom stereocenters. The quantitative estimate of drug-likeness (QED) is 0.360. The predicted octanol–water partition coefficient (Wildman–Crippen LogP) is 6.38. The summed E-state index contributed by atoms with van der Waals surface area (Å²) in [6.07, 6.45) is 4.80. The molecule has 0 saturated carbocycles. The number of hydrogen-bond acceptors (Lipinski definition) is 4. The van der Waals surface area contributed by atoms with E-state index in [0.717, 1.165) is 33.2 Å². The van der Waals surface area contributed by atoms with Gasteiger partial charge in [-0.25, -0.2) is 9.37 Å². The normalized spacial score (nSPS) is 11.6.